The van der Waals surface area contributed by atoms with Crippen molar-refractivity contribution in [1.82, 2.24) is 10.6 Å². The van der Waals surface area contributed by atoms with Gasteiger partial charge in [-0.3, -0.25) is 10.1 Å². The van der Waals surface area contributed by atoms with E-state index in [0.717, 1.165) is 4.88 Å². The molecule has 0 aliphatic carbocycles. The van der Waals surface area contributed by atoms with Crippen molar-refractivity contribution in [2.75, 3.05) is 6.54 Å². The number of thiophene rings is 1. The summed E-state index contributed by atoms with van der Waals surface area (Å²) in [5.41, 5.74) is 0. The van der Waals surface area contributed by atoms with Crippen LogP contribution in [0.15, 0.2) is 12.1 Å². The maximum Gasteiger partial charge on any atom is 0.262 e. The first-order valence-corrected chi connectivity index (χ1v) is 6.74. The van der Waals surface area contributed by atoms with E-state index in [4.69, 9.17) is 11.6 Å². The fraction of sp³-hybridized carbons (Fsp3) is 0.545. The molecular weight excluding hydrogens is 317 g/mol. The molecule has 2 rings (SSSR count). The van der Waals surface area contributed by atoms with E-state index in [-0.39, 0.29) is 18.4 Å². The molecule has 1 fully saturated rings. The molecule has 2 atom stereocenters. The van der Waals surface area contributed by atoms with E-state index >= 15 is 0 Å². The third-order valence-electron chi connectivity index (χ3n) is 2.81. The summed E-state index contributed by atoms with van der Waals surface area (Å²) in [5, 5.41) is 5.23. The van der Waals surface area contributed by atoms with Crippen molar-refractivity contribution >= 4 is 41.3 Å². The van der Waals surface area contributed by atoms with Crippen LogP contribution in [-0.4, -0.2) is 24.4 Å². The molecule has 3 nitrogen and oxygen atoms in total. The molecule has 1 aromatic heterocycles. The predicted molar refractivity (Wildman–Crippen MR) is 74.5 cm³/mol. The average molecular weight is 331 g/mol. The first-order chi connectivity index (χ1) is 8.37. The molecule has 108 valence electrons. The van der Waals surface area contributed by atoms with E-state index in [2.05, 4.69) is 10.6 Å². The minimum absolute atomic E-state index is 0. The minimum atomic E-state index is -2.79. The van der Waals surface area contributed by atoms with Gasteiger partial charge in [-0.25, -0.2) is 8.78 Å². The van der Waals surface area contributed by atoms with E-state index in [1.54, 1.807) is 13.0 Å². The molecule has 0 radical (unpaired) electrons. The number of hydrogen-bond donors (Lipinski definition) is 2. The molecule has 8 heteroatoms. The summed E-state index contributed by atoms with van der Waals surface area (Å²) < 4.78 is 26.6. The molecule has 0 aromatic carbocycles. The highest BCUT2D eigenvalue weighted by Crippen LogP contribution is 2.28. The van der Waals surface area contributed by atoms with E-state index in [1.807, 2.05) is 6.07 Å². The number of nitrogens with one attached hydrogen (secondary N) is 2. The topological polar surface area (TPSA) is 41.1 Å². The third kappa shape index (κ3) is 4.27. The summed E-state index contributed by atoms with van der Waals surface area (Å²) >= 11 is 7.16. The molecule has 1 aliphatic rings. The van der Waals surface area contributed by atoms with Gasteiger partial charge in [0.2, 0.25) is 5.91 Å². The van der Waals surface area contributed by atoms with Crippen LogP contribution in [0.1, 0.15) is 24.3 Å². The van der Waals surface area contributed by atoms with Crippen molar-refractivity contribution in [2.24, 2.45) is 0 Å². The Hall–Kier alpha value is -0.430. The highest BCUT2D eigenvalue weighted by atomic mass is 35.5. The Morgan fingerprint density at radius 3 is 2.79 bits per heavy atom. The Labute approximate surface area is 125 Å². The second-order valence-electron chi connectivity index (χ2n) is 4.37. The van der Waals surface area contributed by atoms with E-state index < -0.39 is 30.8 Å². The van der Waals surface area contributed by atoms with Crippen LogP contribution >= 0.6 is 35.3 Å². The van der Waals surface area contributed by atoms with Gasteiger partial charge in [0.1, 0.15) is 0 Å². The average Bonchev–Trinajstić information content (AvgIpc) is 2.84. The fourth-order valence-electron chi connectivity index (χ4n) is 1.85. The zero-order chi connectivity index (χ0) is 13.3. The first kappa shape index (κ1) is 16.6. The van der Waals surface area contributed by atoms with E-state index in [0.29, 0.717) is 4.34 Å². The zero-order valence-corrected chi connectivity index (χ0v) is 12.5. The Kier molecular flexibility index (Phi) is 5.55. The summed E-state index contributed by atoms with van der Waals surface area (Å²) in [6.07, 6.45) is -0.448. The van der Waals surface area contributed by atoms with Gasteiger partial charge >= 0.3 is 0 Å². The zero-order valence-electron chi connectivity index (χ0n) is 10.1. The largest absolute Gasteiger partial charge is 0.347 e. The van der Waals surface area contributed by atoms with Crippen molar-refractivity contribution in [3.63, 3.8) is 0 Å². The molecule has 19 heavy (non-hydrogen) atoms. The maximum absolute atomic E-state index is 13.0. The number of hydrogen-bond acceptors (Lipinski definition) is 3. The molecule has 0 spiro atoms. The lowest BCUT2D eigenvalue weighted by atomic mass is 10.1. The van der Waals surface area contributed by atoms with Crippen LogP contribution in [0.25, 0.3) is 0 Å². The lowest BCUT2D eigenvalue weighted by molar-refractivity contribution is -0.124. The van der Waals surface area contributed by atoms with Gasteiger partial charge in [0.25, 0.3) is 5.92 Å². The van der Waals surface area contributed by atoms with Crippen LogP contribution in [0.3, 0.4) is 0 Å². The van der Waals surface area contributed by atoms with Gasteiger partial charge in [-0.2, -0.15) is 0 Å². The number of amides is 1. The number of rotatable bonds is 3. The van der Waals surface area contributed by atoms with Crippen molar-refractivity contribution in [1.29, 1.82) is 0 Å². The highest BCUT2D eigenvalue weighted by Gasteiger charge is 2.42. The van der Waals surface area contributed by atoms with Crippen molar-refractivity contribution in [3.05, 3.63) is 21.3 Å². The molecule has 1 amide bonds. The molecule has 1 aromatic rings. The maximum atomic E-state index is 13.0. The number of alkyl halides is 2. The lowest BCUT2D eigenvalue weighted by Crippen LogP contribution is -2.41. The Balaban J connectivity index is 0.00000180. The van der Waals surface area contributed by atoms with Crippen LogP contribution in [0.5, 0.6) is 0 Å². The van der Waals surface area contributed by atoms with Gasteiger partial charge in [-0.15, -0.1) is 23.7 Å². The Morgan fingerprint density at radius 1 is 1.63 bits per heavy atom. The summed E-state index contributed by atoms with van der Waals surface area (Å²) in [4.78, 5) is 12.7. The molecular formula is C11H14Cl2F2N2OS. The monoisotopic (exact) mass is 330 g/mol. The Morgan fingerprint density at radius 2 is 2.32 bits per heavy atom. The molecule has 2 N–H and O–H groups in total. The number of carbonyl (C=O) groups is 1. The third-order valence-corrected chi connectivity index (χ3v) is 4.22. The smallest absolute Gasteiger partial charge is 0.262 e. The van der Waals surface area contributed by atoms with Crippen molar-refractivity contribution in [2.45, 2.75) is 31.4 Å². The van der Waals surface area contributed by atoms with Crippen molar-refractivity contribution in [3.8, 4) is 0 Å². The predicted octanol–water partition coefficient (Wildman–Crippen LogP) is 3.00. The molecule has 0 bridgehead atoms. The van der Waals surface area contributed by atoms with E-state index in [9.17, 15) is 13.6 Å². The van der Waals surface area contributed by atoms with Gasteiger partial charge in [0.05, 0.1) is 23.0 Å². The van der Waals surface area contributed by atoms with Gasteiger partial charge in [0.15, 0.2) is 0 Å². The van der Waals surface area contributed by atoms with Crippen molar-refractivity contribution < 1.29 is 13.6 Å². The van der Waals surface area contributed by atoms with Gasteiger partial charge < -0.3 is 5.32 Å². The standard InChI is InChI=1S/C11H13ClF2N2OS.ClH/c1-6(8-2-3-9(12)18-8)16-10(17)7-4-11(13,14)5-15-7;/h2-3,6-7,15H,4-5H2,1H3,(H,16,17);1H. The van der Waals surface area contributed by atoms with Crippen LogP contribution in [-0.2, 0) is 4.79 Å². The normalized spacial score (nSPS) is 22.6. The highest BCUT2D eigenvalue weighted by molar-refractivity contribution is 7.16. The summed E-state index contributed by atoms with van der Waals surface area (Å²) in [7, 11) is 0. The summed E-state index contributed by atoms with van der Waals surface area (Å²) in [6.45, 7) is 1.36. The van der Waals surface area contributed by atoms with Crippen LogP contribution < -0.4 is 10.6 Å². The molecule has 1 aliphatic heterocycles. The van der Waals surface area contributed by atoms with Gasteiger partial charge in [-0.05, 0) is 19.1 Å². The molecule has 0 saturated carbocycles. The van der Waals surface area contributed by atoms with Crippen LogP contribution in [0.2, 0.25) is 4.34 Å². The number of halogens is 4. The fourth-order valence-corrected chi connectivity index (χ4v) is 2.91. The van der Waals surface area contributed by atoms with Crippen LogP contribution in [0.4, 0.5) is 8.78 Å². The van der Waals surface area contributed by atoms with Crippen LogP contribution in [0, 0.1) is 0 Å². The second kappa shape index (κ2) is 6.35. The Bertz CT molecular complexity index is 456. The minimum Gasteiger partial charge on any atom is -0.347 e. The number of carbonyl (C=O) groups excluding carboxylic acids is 1. The quantitative estimate of drug-likeness (QED) is 0.894. The van der Waals surface area contributed by atoms with Gasteiger partial charge in [0, 0.05) is 11.3 Å². The summed E-state index contributed by atoms with van der Waals surface area (Å²) in [6, 6.07) is 2.50. The summed E-state index contributed by atoms with van der Waals surface area (Å²) in [5.74, 6) is -3.19. The first-order valence-electron chi connectivity index (χ1n) is 5.54. The molecule has 2 unspecified atom stereocenters. The lowest BCUT2D eigenvalue weighted by Gasteiger charge is -2.16. The molecule has 1 saturated heterocycles. The van der Waals surface area contributed by atoms with E-state index in [1.165, 1.54) is 11.3 Å². The molecule has 2 heterocycles. The second-order valence-corrected chi connectivity index (χ2v) is 6.11. The van der Waals surface area contributed by atoms with Gasteiger partial charge in [-0.1, -0.05) is 11.6 Å². The SMILES string of the molecule is CC(NC(=O)C1CC(F)(F)CN1)c1ccc(Cl)s1.Cl.